The van der Waals surface area contributed by atoms with Crippen LogP contribution in [0, 0.1) is 11.3 Å². The first-order chi connectivity index (χ1) is 8.01. The minimum absolute atomic E-state index is 0.0230. The molecule has 7 heteroatoms. The molecule has 0 atom stereocenters. The smallest absolute Gasteiger partial charge is 0.342 e. The van der Waals surface area contributed by atoms with Crippen LogP contribution in [0.2, 0.25) is 0 Å². The first kappa shape index (κ1) is 11.6. The zero-order valence-electron chi connectivity index (χ0n) is 8.78. The molecule has 17 heavy (non-hydrogen) atoms. The summed E-state index contributed by atoms with van der Waals surface area (Å²) in [6.45, 7) is -1.09. The number of aromatic nitrogens is 2. The average Bonchev–Trinajstić information content (AvgIpc) is 3.08. The summed E-state index contributed by atoms with van der Waals surface area (Å²) in [5.74, 6) is 0.0230. The number of nitrogens with zero attached hydrogens (tertiary/aromatic N) is 4. The molecule has 1 aromatic heterocycles. The molecule has 2 rings (SSSR count). The second-order valence-corrected chi connectivity index (χ2v) is 3.81. The predicted molar refractivity (Wildman–Crippen MR) is 53.2 cm³/mol. The molecular weight excluding hydrogens is 233 g/mol. The number of nitriles is 1. The quantitative estimate of drug-likeness (QED) is 0.812. The monoisotopic (exact) mass is 242 g/mol. The van der Waals surface area contributed by atoms with E-state index in [4.69, 9.17) is 5.26 Å². The Hall–Kier alpha value is -1.84. The lowest BCUT2D eigenvalue weighted by atomic mass is 10.3. The Bertz CT molecular complexity index is 448. The van der Waals surface area contributed by atoms with Crippen LogP contribution in [-0.2, 0) is 0 Å². The second-order valence-electron chi connectivity index (χ2n) is 3.81. The summed E-state index contributed by atoms with van der Waals surface area (Å²) in [7, 11) is 0. The van der Waals surface area contributed by atoms with E-state index in [1.807, 2.05) is 0 Å². The molecule has 0 N–H and O–H groups in total. The molecule has 0 saturated heterocycles. The fourth-order valence-corrected chi connectivity index (χ4v) is 1.58. The maximum Gasteiger partial charge on any atom is 0.405 e. The molecule has 0 aromatic carbocycles. The number of alkyl halides is 3. The van der Waals surface area contributed by atoms with Crippen LogP contribution in [0.3, 0.4) is 0 Å². The van der Waals surface area contributed by atoms with E-state index in [0.29, 0.717) is 12.8 Å². The van der Waals surface area contributed by atoms with Gasteiger partial charge in [0.25, 0.3) is 0 Å². The maximum atomic E-state index is 12.4. The van der Waals surface area contributed by atoms with Crippen molar-refractivity contribution in [1.29, 1.82) is 5.26 Å². The van der Waals surface area contributed by atoms with Gasteiger partial charge in [0.05, 0.1) is 0 Å². The van der Waals surface area contributed by atoms with Crippen LogP contribution >= 0.6 is 0 Å². The molecular formula is C10H9F3N4. The molecule has 0 unspecified atom stereocenters. The molecule has 1 heterocycles. The highest BCUT2D eigenvalue weighted by atomic mass is 19.4. The standard InChI is InChI=1S/C10H9F3N4/c11-10(12,13)6-17(7-1-2-7)9-8(5-14)15-3-4-16-9/h3-4,7H,1-2,6H2. The Morgan fingerprint density at radius 1 is 1.35 bits per heavy atom. The molecule has 90 valence electrons. The summed E-state index contributed by atoms with van der Waals surface area (Å²) in [6.07, 6.45) is -0.343. The minimum Gasteiger partial charge on any atom is -0.342 e. The third-order valence-electron chi connectivity index (χ3n) is 2.39. The maximum absolute atomic E-state index is 12.4. The van der Waals surface area contributed by atoms with Crippen molar-refractivity contribution in [3.8, 4) is 6.07 Å². The van der Waals surface area contributed by atoms with Crippen molar-refractivity contribution in [1.82, 2.24) is 9.97 Å². The topological polar surface area (TPSA) is 52.8 Å². The van der Waals surface area contributed by atoms with Crippen LogP contribution in [0.25, 0.3) is 0 Å². The number of anilines is 1. The zero-order valence-corrected chi connectivity index (χ0v) is 8.78. The van der Waals surface area contributed by atoms with E-state index in [1.165, 1.54) is 12.4 Å². The lowest BCUT2D eigenvalue weighted by Gasteiger charge is -2.24. The molecule has 1 fully saturated rings. The van der Waals surface area contributed by atoms with E-state index in [1.54, 1.807) is 6.07 Å². The van der Waals surface area contributed by atoms with Crippen LogP contribution in [0.5, 0.6) is 0 Å². The lowest BCUT2D eigenvalue weighted by Crippen LogP contribution is -2.37. The van der Waals surface area contributed by atoms with Crippen LogP contribution in [0.15, 0.2) is 12.4 Å². The predicted octanol–water partition coefficient (Wildman–Crippen LogP) is 1.88. The Morgan fingerprint density at radius 2 is 2.00 bits per heavy atom. The van der Waals surface area contributed by atoms with Gasteiger partial charge in [-0.25, -0.2) is 9.97 Å². The van der Waals surface area contributed by atoms with Crippen molar-refractivity contribution in [2.45, 2.75) is 25.1 Å². The highest BCUT2D eigenvalue weighted by Crippen LogP contribution is 2.34. The summed E-state index contributed by atoms with van der Waals surface area (Å²) in [6, 6.07) is 1.58. The van der Waals surface area contributed by atoms with Gasteiger partial charge in [0.15, 0.2) is 11.5 Å². The SMILES string of the molecule is N#Cc1nccnc1N(CC(F)(F)F)C1CC1. The Labute approximate surface area is 95.7 Å². The molecule has 0 radical (unpaired) electrons. The third-order valence-corrected chi connectivity index (χ3v) is 2.39. The third kappa shape index (κ3) is 2.84. The highest BCUT2D eigenvalue weighted by Gasteiger charge is 2.39. The molecule has 0 bridgehead atoms. The van der Waals surface area contributed by atoms with Crippen molar-refractivity contribution in [2.24, 2.45) is 0 Å². The fraction of sp³-hybridized carbons (Fsp3) is 0.500. The van der Waals surface area contributed by atoms with E-state index < -0.39 is 12.7 Å². The molecule has 1 aliphatic carbocycles. The van der Waals surface area contributed by atoms with Crippen molar-refractivity contribution in [3.63, 3.8) is 0 Å². The van der Waals surface area contributed by atoms with Gasteiger partial charge >= 0.3 is 6.18 Å². The number of hydrogen-bond donors (Lipinski definition) is 0. The highest BCUT2D eigenvalue weighted by molar-refractivity contribution is 5.51. The fourth-order valence-electron chi connectivity index (χ4n) is 1.58. The van der Waals surface area contributed by atoms with E-state index in [2.05, 4.69) is 9.97 Å². The van der Waals surface area contributed by atoms with Crippen LogP contribution < -0.4 is 4.90 Å². The van der Waals surface area contributed by atoms with Gasteiger partial charge in [-0.3, -0.25) is 0 Å². The van der Waals surface area contributed by atoms with Crippen molar-refractivity contribution in [3.05, 3.63) is 18.1 Å². The van der Waals surface area contributed by atoms with Crippen LogP contribution in [0.4, 0.5) is 19.0 Å². The van der Waals surface area contributed by atoms with Gasteiger partial charge in [0.1, 0.15) is 12.6 Å². The summed E-state index contributed by atoms with van der Waals surface area (Å²) in [5, 5.41) is 8.81. The van der Waals surface area contributed by atoms with Gasteiger partial charge in [-0.1, -0.05) is 0 Å². The molecule has 4 nitrogen and oxygen atoms in total. The molecule has 1 saturated carbocycles. The van der Waals surface area contributed by atoms with Crippen LogP contribution in [0.1, 0.15) is 18.5 Å². The Morgan fingerprint density at radius 3 is 2.53 bits per heavy atom. The minimum atomic E-state index is -4.31. The van der Waals surface area contributed by atoms with E-state index >= 15 is 0 Å². The van der Waals surface area contributed by atoms with Gasteiger partial charge in [0, 0.05) is 18.4 Å². The zero-order chi connectivity index (χ0) is 12.5. The first-order valence-corrected chi connectivity index (χ1v) is 5.06. The van der Waals surface area contributed by atoms with E-state index in [-0.39, 0.29) is 17.6 Å². The first-order valence-electron chi connectivity index (χ1n) is 5.06. The Kier molecular flexibility index (Phi) is 2.88. The Balaban J connectivity index is 2.30. The van der Waals surface area contributed by atoms with E-state index in [0.717, 1.165) is 4.90 Å². The summed E-state index contributed by atoms with van der Waals surface area (Å²) < 4.78 is 37.3. The van der Waals surface area contributed by atoms with Gasteiger partial charge in [-0.2, -0.15) is 18.4 Å². The van der Waals surface area contributed by atoms with Crippen molar-refractivity contribution >= 4 is 5.82 Å². The van der Waals surface area contributed by atoms with Crippen molar-refractivity contribution < 1.29 is 13.2 Å². The largest absolute Gasteiger partial charge is 0.405 e. The molecule has 1 aliphatic rings. The summed E-state index contributed by atoms with van der Waals surface area (Å²) in [5.41, 5.74) is -0.0661. The summed E-state index contributed by atoms with van der Waals surface area (Å²) >= 11 is 0. The van der Waals surface area contributed by atoms with Gasteiger partial charge in [0.2, 0.25) is 0 Å². The molecule has 1 aromatic rings. The molecule has 0 aliphatic heterocycles. The second kappa shape index (κ2) is 4.20. The normalized spacial score (nSPS) is 15.4. The molecule has 0 amide bonds. The van der Waals surface area contributed by atoms with Gasteiger partial charge in [-0.05, 0) is 12.8 Å². The number of halogens is 3. The molecule has 0 spiro atoms. The van der Waals surface area contributed by atoms with Gasteiger partial charge in [-0.15, -0.1) is 0 Å². The lowest BCUT2D eigenvalue weighted by molar-refractivity contribution is -0.120. The number of rotatable bonds is 3. The summed E-state index contributed by atoms with van der Waals surface area (Å²) in [4.78, 5) is 8.68. The van der Waals surface area contributed by atoms with Crippen LogP contribution in [-0.4, -0.2) is 28.7 Å². The number of hydrogen-bond acceptors (Lipinski definition) is 4. The van der Waals surface area contributed by atoms with Gasteiger partial charge < -0.3 is 4.90 Å². The van der Waals surface area contributed by atoms with E-state index in [9.17, 15) is 13.2 Å². The van der Waals surface area contributed by atoms with Crippen molar-refractivity contribution in [2.75, 3.05) is 11.4 Å². The average molecular weight is 242 g/mol.